The number of cyclic esters (lactones) is 1. The summed E-state index contributed by atoms with van der Waals surface area (Å²) in [6.45, 7) is 1.63. The molecule has 134 valence electrons. The number of aliphatic carboxylic acids is 1. The lowest BCUT2D eigenvalue weighted by Gasteiger charge is -2.26. The number of carbonyl (C=O) groups is 2. The normalized spacial score (nSPS) is 16.2. The second kappa shape index (κ2) is 8.00. The van der Waals surface area contributed by atoms with Crippen molar-refractivity contribution in [1.82, 2.24) is 0 Å². The van der Waals surface area contributed by atoms with Crippen LogP contribution < -0.4 is 3.11 Å². The molecule has 0 fully saturated rings. The van der Waals surface area contributed by atoms with Crippen LogP contribution in [0, 0.1) is 7.14 Å². The summed E-state index contributed by atoms with van der Waals surface area (Å²) >= 11 is 6.39. The molecule has 1 heterocycles. The summed E-state index contributed by atoms with van der Waals surface area (Å²) in [5.74, 6) is -1.14. The minimum absolute atomic E-state index is 0.411. The lowest BCUT2D eigenvalue weighted by atomic mass is 9.96. The molecule has 26 heavy (non-hydrogen) atoms. The number of ether oxygens (including phenoxy) is 1. The smallest absolute Gasteiger partial charge is 0.428 e. The van der Waals surface area contributed by atoms with Crippen LogP contribution >= 0.6 is 68.0 Å². The summed E-state index contributed by atoms with van der Waals surface area (Å²) in [5, 5.41) is 9.28. The molecule has 8 heteroatoms. The van der Waals surface area contributed by atoms with E-state index in [1.165, 1.54) is 3.11 Å². The Morgan fingerprint density at radius 3 is 2.58 bits per heavy atom. The fourth-order valence-electron chi connectivity index (χ4n) is 2.48. The van der Waals surface area contributed by atoms with Gasteiger partial charge >= 0.3 is 12.1 Å². The van der Waals surface area contributed by atoms with Gasteiger partial charge in [0.25, 0.3) is 0 Å². The molecule has 0 saturated heterocycles. The number of hydrogen-bond acceptors (Lipinski definition) is 3. The van der Waals surface area contributed by atoms with Crippen LogP contribution in [0.2, 0.25) is 0 Å². The predicted octanol–water partition coefficient (Wildman–Crippen LogP) is 5.89. The molecule has 0 radical (unpaired) electrons. The van der Waals surface area contributed by atoms with Crippen molar-refractivity contribution in [3.63, 3.8) is 0 Å². The summed E-state index contributed by atoms with van der Waals surface area (Å²) in [6, 6.07) is 11.2. The topological polar surface area (TPSA) is 66.8 Å². The number of anilines is 1. The van der Waals surface area contributed by atoms with Crippen molar-refractivity contribution in [2.45, 2.75) is 12.8 Å². The summed E-state index contributed by atoms with van der Waals surface area (Å²) in [6.07, 6.45) is 1.32. The number of fused-ring (bicyclic) bond motifs is 1. The second-order valence-corrected chi connectivity index (χ2v) is 8.96. The van der Waals surface area contributed by atoms with E-state index in [4.69, 9.17) is 4.74 Å². The van der Waals surface area contributed by atoms with E-state index in [0.717, 1.165) is 12.7 Å². The zero-order chi connectivity index (χ0) is 19.0. The number of hydrogen-bond donors (Lipinski definition) is 1. The average molecular weight is 687 g/mol. The average Bonchev–Trinajstić information content (AvgIpc) is 2.61. The standard InChI is InChI=1S/C18H12I3NO4/c1-9(17(23)24)11-3-5-15-12(8-11)16(26-18(25)22(15)21)7-10-2-4-13(19)14(20)6-10/h2-9H,1H3,(H,23,24)/b16-7-. The van der Waals surface area contributed by atoms with Gasteiger partial charge in [-0.05, 0) is 93.6 Å². The highest BCUT2D eigenvalue weighted by molar-refractivity contribution is 14.1. The Bertz CT molecular complexity index is 942. The maximum absolute atomic E-state index is 12.2. The van der Waals surface area contributed by atoms with E-state index in [1.54, 1.807) is 31.2 Å². The SMILES string of the molecule is CC(C(=O)O)c1ccc2c(c1)/C(=C/c1ccc(I)c(I)c1)OC(=O)N2I. The second-order valence-electron chi connectivity index (χ2n) is 5.67. The van der Waals surface area contributed by atoms with Gasteiger partial charge in [0.15, 0.2) is 0 Å². The van der Waals surface area contributed by atoms with E-state index in [0.29, 0.717) is 22.6 Å². The van der Waals surface area contributed by atoms with Crippen LogP contribution in [-0.4, -0.2) is 17.2 Å². The number of carbonyl (C=O) groups excluding carboxylic acids is 1. The highest BCUT2D eigenvalue weighted by atomic mass is 127. The Hall–Kier alpha value is -0.890. The lowest BCUT2D eigenvalue weighted by Crippen LogP contribution is -2.26. The van der Waals surface area contributed by atoms with Gasteiger partial charge in [0.2, 0.25) is 0 Å². The first-order chi connectivity index (χ1) is 12.3. The molecule has 1 atom stereocenters. The monoisotopic (exact) mass is 687 g/mol. The lowest BCUT2D eigenvalue weighted by molar-refractivity contribution is -0.138. The van der Waals surface area contributed by atoms with Gasteiger partial charge in [0, 0.05) is 12.7 Å². The van der Waals surface area contributed by atoms with Crippen LogP contribution in [-0.2, 0) is 9.53 Å². The Morgan fingerprint density at radius 1 is 1.19 bits per heavy atom. The first-order valence-electron chi connectivity index (χ1n) is 7.49. The van der Waals surface area contributed by atoms with Crippen molar-refractivity contribution >= 4 is 97.6 Å². The molecule has 0 bridgehead atoms. The van der Waals surface area contributed by atoms with Crippen molar-refractivity contribution in [3.05, 3.63) is 60.2 Å². The molecule has 0 aliphatic carbocycles. The van der Waals surface area contributed by atoms with Gasteiger partial charge in [0.1, 0.15) is 5.76 Å². The molecule has 2 aromatic carbocycles. The molecule has 5 nitrogen and oxygen atoms in total. The van der Waals surface area contributed by atoms with Crippen LogP contribution in [0.3, 0.4) is 0 Å². The van der Waals surface area contributed by atoms with Gasteiger partial charge in [-0.15, -0.1) is 0 Å². The van der Waals surface area contributed by atoms with Gasteiger partial charge in [-0.25, -0.2) is 7.91 Å². The molecular formula is C18H12I3NO4. The van der Waals surface area contributed by atoms with E-state index in [-0.39, 0.29) is 0 Å². The van der Waals surface area contributed by atoms with Gasteiger partial charge in [0.05, 0.1) is 34.5 Å². The number of benzene rings is 2. The molecule has 3 rings (SSSR count). The first kappa shape index (κ1) is 19.9. The van der Waals surface area contributed by atoms with E-state index < -0.39 is 18.0 Å². The van der Waals surface area contributed by atoms with Gasteiger partial charge in [-0.2, -0.15) is 0 Å². The van der Waals surface area contributed by atoms with Crippen LogP contribution in [0.1, 0.15) is 29.5 Å². The number of rotatable bonds is 3. The zero-order valence-electron chi connectivity index (χ0n) is 13.4. The van der Waals surface area contributed by atoms with Gasteiger partial charge in [-0.1, -0.05) is 12.1 Å². The first-order valence-corrected chi connectivity index (χ1v) is 10.6. The summed E-state index contributed by atoms with van der Waals surface area (Å²) in [5.41, 5.74) is 2.93. The van der Waals surface area contributed by atoms with Crippen LogP contribution in [0.15, 0.2) is 36.4 Å². The molecule has 0 spiro atoms. The number of amides is 1. The third kappa shape index (κ3) is 4.01. The third-order valence-electron chi connectivity index (χ3n) is 3.97. The van der Waals surface area contributed by atoms with Crippen molar-refractivity contribution in [3.8, 4) is 0 Å². The Labute approximate surface area is 191 Å². The third-order valence-corrected chi connectivity index (χ3v) is 7.75. The van der Waals surface area contributed by atoms with E-state index >= 15 is 0 Å². The highest BCUT2D eigenvalue weighted by Gasteiger charge is 2.29. The van der Waals surface area contributed by atoms with Crippen molar-refractivity contribution in [2.75, 3.05) is 3.11 Å². The zero-order valence-corrected chi connectivity index (χ0v) is 19.8. The molecule has 1 unspecified atom stereocenters. The van der Waals surface area contributed by atoms with Crippen molar-refractivity contribution < 1.29 is 19.4 Å². The largest absolute Gasteiger partial charge is 0.481 e. The number of carboxylic acids is 1. The van der Waals surface area contributed by atoms with E-state index in [9.17, 15) is 14.7 Å². The maximum atomic E-state index is 12.2. The van der Waals surface area contributed by atoms with E-state index in [2.05, 4.69) is 45.2 Å². The molecular weight excluding hydrogens is 675 g/mol. The summed E-state index contributed by atoms with van der Waals surface area (Å²) < 4.78 is 9.11. The molecule has 2 aromatic rings. The molecule has 1 aliphatic heterocycles. The highest BCUT2D eigenvalue weighted by Crippen LogP contribution is 2.39. The van der Waals surface area contributed by atoms with E-state index in [1.807, 2.05) is 41.1 Å². The molecule has 1 amide bonds. The predicted molar refractivity (Wildman–Crippen MR) is 125 cm³/mol. The number of carboxylic acid groups (broad SMARTS) is 1. The summed E-state index contributed by atoms with van der Waals surface area (Å²) in [7, 11) is 0. The van der Waals surface area contributed by atoms with Crippen LogP contribution in [0.5, 0.6) is 0 Å². The minimum atomic E-state index is -0.901. The quantitative estimate of drug-likeness (QED) is 0.323. The van der Waals surface area contributed by atoms with Gasteiger partial charge in [-0.3, -0.25) is 4.79 Å². The summed E-state index contributed by atoms with van der Waals surface area (Å²) in [4.78, 5) is 23.5. The maximum Gasteiger partial charge on any atom is 0.428 e. The van der Waals surface area contributed by atoms with Crippen LogP contribution in [0.4, 0.5) is 10.5 Å². The van der Waals surface area contributed by atoms with Crippen molar-refractivity contribution in [2.24, 2.45) is 0 Å². The molecule has 0 aromatic heterocycles. The number of halogens is 3. The Morgan fingerprint density at radius 2 is 1.92 bits per heavy atom. The minimum Gasteiger partial charge on any atom is -0.481 e. The fourth-order valence-corrected chi connectivity index (χ4v) is 3.88. The number of nitrogens with zero attached hydrogens (tertiary/aromatic N) is 1. The molecule has 0 saturated carbocycles. The van der Waals surface area contributed by atoms with Gasteiger partial charge < -0.3 is 9.84 Å². The molecule has 1 aliphatic rings. The van der Waals surface area contributed by atoms with Crippen molar-refractivity contribution in [1.29, 1.82) is 0 Å². The Balaban J connectivity index is 2.13. The van der Waals surface area contributed by atoms with Crippen LogP contribution in [0.25, 0.3) is 11.8 Å². The fraction of sp³-hybridized carbons (Fsp3) is 0.111. The molecule has 1 N–H and O–H groups in total. The Kier molecular flexibility index (Phi) is 6.11.